The van der Waals surface area contributed by atoms with Gasteiger partial charge in [0.05, 0.1) is 5.69 Å². The summed E-state index contributed by atoms with van der Waals surface area (Å²) in [7, 11) is 0. The van der Waals surface area contributed by atoms with Gasteiger partial charge >= 0.3 is 0 Å². The molecule has 0 aliphatic carbocycles. The van der Waals surface area contributed by atoms with Gasteiger partial charge in [-0.15, -0.1) is 24.8 Å². The second-order valence-corrected chi connectivity index (χ2v) is 5.44. The summed E-state index contributed by atoms with van der Waals surface area (Å²) in [5.74, 6) is 0.414. The zero-order valence-electron chi connectivity index (χ0n) is 12.8. The normalized spacial score (nSPS) is 20.0. The van der Waals surface area contributed by atoms with Crippen LogP contribution in [0, 0.1) is 5.92 Å². The van der Waals surface area contributed by atoms with Gasteiger partial charge in [-0.25, -0.2) is 9.67 Å². The van der Waals surface area contributed by atoms with Gasteiger partial charge < -0.3 is 10.6 Å². The Bertz CT molecular complexity index is 620. The fourth-order valence-electron chi connectivity index (χ4n) is 2.61. The highest BCUT2D eigenvalue weighted by Gasteiger charge is 2.23. The second kappa shape index (κ2) is 8.86. The summed E-state index contributed by atoms with van der Waals surface area (Å²) in [6, 6.07) is 7.64. The maximum absolute atomic E-state index is 12.4. The Morgan fingerprint density at radius 1 is 1.39 bits per heavy atom. The molecule has 126 valence electrons. The molecule has 23 heavy (non-hydrogen) atoms. The molecule has 2 unspecified atom stereocenters. The number of nitrogens with one attached hydrogen (secondary N) is 2. The molecule has 1 saturated heterocycles. The monoisotopic (exact) mass is 357 g/mol. The van der Waals surface area contributed by atoms with E-state index in [4.69, 9.17) is 0 Å². The smallest absolute Gasteiger partial charge is 0.251 e. The molecule has 1 aliphatic heterocycles. The zero-order valence-corrected chi connectivity index (χ0v) is 14.4. The van der Waals surface area contributed by atoms with Gasteiger partial charge in [0.25, 0.3) is 5.91 Å². The Labute approximate surface area is 147 Å². The van der Waals surface area contributed by atoms with Crippen LogP contribution in [-0.4, -0.2) is 39.8 Å². The van der Waals surface area contributed by atoms with Gasteiger partial charge in [-0.1, -0.05) is 13.0 Å². The molecule has 1 aromatic heterocycles. The standard InChI is InChI=1S/C15H19N5O.2ClH/c1-11-8-16-6-5-14(11)19-15(21)12-3-2-4-13(7-12)20-10-17-9-18-20;;/h2-4,7,9-11,14,16H,5-6,8H2,1H3,(H,19,21);2*1H. The first kappa shape index (κ1) is 19.4. The number of piperidine rings is 1. The minimum absolute atomic E-state index is 0. The molecule has 0 saturated carbocycles. The van der Waals surface area contributed by atoms with Gasteiger partial charge in [-0.2, -0.15) is 5.10 Å². The van der Waals surface area contributed by atoms with Crippen LogP contribution in [0.3, 0.4) is 0 Å². The van der Waals surface area contributed by atoms with Crippen molar-refractivity contribution < 1.29 is 4.79 Å². The third-order valence-corrected chi connectivity index (χ3v) is 3.89. The van der Waals surface area contributed by atoms with E-state index in [1.807, 2.05) is 24.3 Å². The summed E-state index contributed by atoms with van der Waals surface area (Å²) in [5.41, 5.74) is 1.48. The molecule has 2 atom stereocenters. The first-order chi connectivity index (χ1) is 10.2. The average molecular weight is 358 g/mol. The molecule has 8 heteroatoms. The fourth-order valence-corrected chi connectivity index (χ4v) is 2.61. The van der Waals surface area contributed by atoms with E-state index in [9.17, 15) is 4.79 Å². The van der Waals surface area contributed by atoms with Crippen LogP contribution in [0.2, 0.25) is 0 Å². The van der Waals surface area contributed by atoms with Crippen LogP contribution in [0.1, 0.15) is 23.7 Å². The molecule has 2 heterocycles. The topological polar surface area (TPSA) is 71.8 Å². The highest BCUT2D eigenvalue weighted by atomic mass is 35.5. The van der Waals surface area contributed by atoms with E-state index in [1.54, 1.807) is 11.0 Å². The third-order valence-electron chi connectivity index (χ3n) is 3.89. The van der Waals surface area contributed by atoms with E-state index in [0.29, 0.717) is 11.5 Å². The number of benzene rings is 1. The Morgan fingerprint density at radius 3 is 2.91 bits per heavy atom. The number of aromatic nitrogens is 3. The molecule has 1 amide bonds. The van der Waals surface area contributed by atoms with Crippen LogP contribution >= 0.6 is 24.8 Å². The van der Waals surface area contributed by atoms with Crippen molar-refractivity contribution in [2.45, 2.75) is 19.4 Å². The van der Waals surface area contributed by atoms with E-state index in [0.717, 1.165) is 25.2 Å². The van der Waals surface area contributed by atoms with E-state index in [2.05, 4.69) is 27.6 Å². The Hall–Kier alpha value is -1.63. The van der Waals surface area contributed by atoms with Crippen molar-refractivity contribution in [1.29, 1.82) is 0 Å². The molecule has 0 radical (unpaired) electrons. The second-order valence-electron chi connectivity index (χ2n) is 5.44. The number of hydrogen-bond acceptors (Lipinski definition) is 4. The Morgan fingerprint density at radius 2 is 2.22 bits per heavy atom. The van der Waals surface area contributed by atoms with E-state index in [1.165, 1.54) is 6.33 Å². The predicted molar refractivity (Wildman–Crippen MR) is 93.8 cm³/mol. The van der Waals surface area contributed by atoms with Gasteiger partial charge in [0.2, 0.25) is 0 Å². The maximum Gasteiger partial charge on any atom is 0.251 e. The number of halogens is 2. The minimum Gasteiger partial charge on any atom is -0.349 e. The van der Waals surface area contributed by atoms with Gasteiger partial charge in [-0.3, -0.25) is 4.79 Å². The summed E-state index contributed by atoms with van der Waals surface area (Å²) in [5, 5.41) is 10.5. The molecule has 1 aliphatic rings. The van der Waals surface area contributed by atoms with E-state index >= 15 is 0 Å². The highest BCUT2D eigenvalue weighted by Crippen LogP contribution is 2.13. The average Bonchev–Trinajstić information content (AvgIpc) is 3.04. The van der Waals surface area contributed by atoms with E-state index in [-0.39, 0.29) is 36.8 Å². The molecule has 2 N–H and O–H groups in total. The number of carbonyl (C=O) groups is 1. The van der Waals surface area contributed by atoms with Crippen molar-refractivity contribution in [2.24, 2.45) is 5.92 Å². The fraction of sp³-hybridized carbons (Fsp3) is 0.400. The quantitative estimate of drug-likeness (QED) is 0.878. The van der Waals surface area contributed by atoms with Gasteiger partial charge in [-0.05, 0) is 43.6 Å². The van der Waals surface area contributed by atoms with Crippen LogP contribution in [0.25, 0.3) is 5.69 Å². The Balaban J connectivity index is 0.00000132. The number of carbonyl (C=O) groups excluding carboxylic acids is 1. The van der Waals surface area contributed by atoms with Crippen molar-refractivity contribution in [3.8, 4) is 5.69 Å². The molecule has 1 fully saturated rings. The molecule has 0 bridgehead atoms. The molecule has 1 aromatic carbocycles. The SMILES string of the molecule is CC1CNCCC1NC(=O)c1cccc(-n2cncn2)c1.Cl.Cl. The number of amides is 1. The first-order valence-electron chi connectivity index (χ1n) is 7.20. The predicted octanol–water partition coefficient (Wildman–Crippen LogP) is 1.84. The Kier molecular flexibility index (Phi) is 7.48. The summed E-state index contributed by atoms with van der Waals surface area (Å²) in [6.45, 7) is 4.06. The molecule has 6 nitrogen and oxygen atoms in total. The van der Waals surface area contributed by atoms with Crippen molar-refractivity contribution in [3.63, 3.8) is 0 Å². The van der Waals surface area contributed by atoms with Crippen molar-refractivity contribution in [3.05, 3.63) is 42.5 Å². The lowest BCUT2D eigenvalue weighted by atomic mass is 9.95. The van der Waals surface area contributed by atoms with Gasteiger partial charge in [0, 0.05) is 11.6 Å². The summed E-state index contributed by atoms with van der Waals surface area (Å²) in [6.07, 6.45) is 4.06. The lowest BCUT2D eigenvalue weighted by molar-refractivity contribution is 0.0914. The molecule has 3 rings (SSSR count). The van der Waals surface area contributed by atoms with Crippen LogP contribution in [0.15, 0.2) is 36.9 Å². The highest BCUT2D eigenvalue weighted by molar-refractivity contribution is 5.94. The third kappa shape index (κ3) is 4.67. The molecule has 2 aromatic rings. The lowest BCUT2D eigenvalue weighted by Crippen LogP contribution is -2.48. The molecule has 0 spiro atoms. The number of rotatable bonds is 3. The maximum atomic E-state index is 12.4. The lowest BCUT2D eigenvalue weighted by Gasteiger charge is -2.30. The summed E-state index contributed by atoms with van der Waals surface area (Å²) < 4.78 is 1.64. The number of hydrogen-bond donors (Lipinski definition) is 2. The van der Waals surface area contributed by atoms with Crippen molar-refractivity contribution in [1.82, 2.24) is 25.4 Å². The number of nitrogens with zero attached hydrogens (tertiary/aromatic N) is 3. The van der Waals surface area contributed by atoms with Crippen LogP contribution in [0.4, 0.5) is 0 Å². The first-order valence-corrected chi connectivity index (χ1v) is 7.20. The van der Waals surface area contributed by atoms with E-state index < -0.39 is 0 Å². The summed E-state index contributed by atoms with van der Waals surface area (Å²) >= 11 is 0. The van der Waals surface area contributed by atoms with Crippen LogP contribution in [-0.2, 0) is 0 Å². The van der Waals surface area contributed by atoms with Gasteiger partial charge in [0.1, 0.15) is 12.7 Å². The molecular formula is C15H21Cl2N5O. The van der Waals surface area contributed by atoms with Crippen LogP contribution in [0.5, 0.6) is 0 Å². The van der Waals surface area contributed by atoms with Crippen molar-refractivity contribution in [2.75, 3.05) is 13.1 Å². The molecular weight excluding hydrogens is 337 g/mol. The van der Waals surface area contributed by atoms with Crippen LogP contribution < -0.4 is 10.6 Å². The summed E-state index contributed by atoms with van der Waals surface area (Å²) in [4.78, 5) is 16.3. The zero-order chi connectivity index (χ0) is 14.7. The minimum atomic E-state index is -0.0317. The van der Waals surface area contributed by atoms with Crippen molar-refractivity contribution >= 4 is 30.7 Å². The van der Waals surface area contributed by atoms with Gasteiger partial charge in [0.15, 0.2) is 0 Å². The largest absolute Gasteiger partial charge is 0.349 e.